The topological polar surface area (TPSA) is 82.9 Å². The smallest absolute Gasteiger partial charge is 0.251 e. The van der Waals surface area contributed by atoms with Crippen molar-refractivity contribution in [3.05, 3.63) is 47.9 Å². The molecule has 7 nitrogen and oxygen atoms in total. The fraction of sp³-hybridized carbons (Fsp3) is 0.389. The Hall–Kier alpha value is -2.32. The minimum absolute atomic E-state index is 0.0961. The van der Waals surface area contributed by atoms with Crippen LogP contribution in [0.1, 0.15) is 23.0 Å². The van der Waals surface area contributed by atoms with E-state index in [4.69, 9.17) is 4.42 Å². The number of amides is 1. The summed E-state index contributed by atoms with van der Waals surface area (Å²) in [5, 5.41) is 2.87. The highest BCUT2D eigenvalue weighted by Crippen LogP contribution is 2.27. The van der Waals surface area contributed by atoms with Crippen LogP contribution in [-0.4, -0.2) is 52.9 Å². The van der Waals surface area contributed by atoms with Gasteiger partial charge < -0.3 is 14.6 Å². The van der Waals surface area contributed by atoms with E-state index in [0.717, 1.165) is 10.1 Å². The zero-order chi connectivity index (χ0) is 19.5. The molecule has 0 unspecified atom stereocenters. The van der Waals surface area contributed by atoms with Gasteiger partial charge in [0.05, 0.1) is 12.0 Å². The first kappa shape index (κ1) is 20.0. The minimum atomic E-state index is -3.68. The van der Waals surface area contributed by atoms with E-state index in [9.17, 15) is 13.2 Å². The SMILES string of the molecule is C[C@H](Cc1ccco1)NC(=O)c1ccc(N(C)C)c(S(=O)(=O)N(C)C)c1. The normalized spacial score (nSPS) is 12.8. The van der Waals surface area contributed by atoms with Gasteiger partial charge in [-0.2, -0.15) is 0 Å². The summed E-state index contributed by atoms with van der Waals surface area (Å²) in [4.78, 5) is 14.4. The zero-order valence-corrected chi connectivity index (χ0v) is 16.5. The molecule has 0 saturated heterocycles. The summed E-state index contributed by atoms with van der Waals surface area (Å²) in [6.45, 7) is 1.87. The van der Waals surface area contributed by atoms with Crippen molar-refractivity contribution in [2.45, 2.75) is 24.3 Å². The molecule has 1 aromatic carbocycles. The molecule has 0 aliphatic carbocycles. The monoisotopic (exact) mass is 379 g/mol. The van der Waals surface area contributed by atoms with Gasteiger partial charge in [-0.25, -0.2) is 12.7 Å². The first-order valence-corrected chi connectivity index (χ1v) is 9.64. The van der Waals surface area contributed by atoms with Gasteiger partial charge in [-0.1, -0.05) is 0 Å². The fourth-order valence-corrected chi connectivity index (χ4v) is 3.70. The van der Waals surface area contributed by atoms with Gasteiger partial charge >= 0.3 is 0 Å². The summed E-state index contributed by atoms with van der Waals surface area (Å²) in [5.74, 6) is 0.446. The van der Waals surface area contributed by atoms with Crippen LogP contribution >= 0.6 is 0 Å². The second-order valence-electron chi connectivity index (χ2n) is 6.52. The maximum atomic E-state index is 12.6. The number of hydrogen-bond acceptors (Lipinski definition) is 5. The number of nitrogens with zero attached hydrogens (tertiary/aromatic N) is 2. The van der Waals surface area contributed by atoms with E-state index < -0.39 is 10.0 Å². The highest BCUT2D eigenvalue weighted by Gasteiger charge is 2.24. The predicted molar refractivity (Wildman–Crippen MR) is 101 cm³/mol. The third-order valence-corrected chi connectivity index (χ3v) is 5.77. The van der Waals surface area contributed by atoms with Gasteiger partial charge in [-0.3, -0.25) is 4.79 Å². The number of carbonyl (C=O) groups excluding carboxylic acids is 1. The van der Waals surface area contributed by atoms with E-state index in [1.54, 1.807) is 43.5 Å². The minimum Gasteiger partial charge on any atom is -0.469 e. The van der Waals surface area contributed by atoms with E-state index >= 15 is 0 Å². The third-order valence-electron chi connectivity index (χ3n) is 3.93. The molecule has 1 heterocycles. The molecular weight excluding hydrogens is 354 g/mol. The lowest BCUT2D eigenvalue weighted by molar-refractivity contribution is 0.0939. The number of rotatable bonds is 7. The maximum Gasteiger partial charge on any atom is 0.251 e. The first-order valence-electron chi connectivity index (χ1n) is 8.20. The van der Waals surface area contributed by atoms with E-state index in [0.29, 0.717) is 17.7 Å². The second kappa shape index (κ2) is 7.92. The Bertz CT molecular complexity index is 859. The summed E-state index contributed by atoms with van der Waals surface area (Å²) in [7, 11) is 2.77. The molecule has 0 bridgehead atoms. The number of sulfonamides is 1. The Morgan fingerprint density at radius 1 is 1.19 bits per heavy atom. The zero-order valence-electron chi connectivity index (χ0n) is 15.7. The molecule has 0 spiro atoms. The van der Waals surface area contributed by atoms with Crippen LogP contribution in [0.15, 0.2) is 45.9 Å². The van der Waals surface area contributed by atoms with Crippen LogP contribution in [0.3, 0.4) is 0 Å². The van der Waals surface area contributed by atoms with Crippen molar-refractivity contribution in [3.8, 4) is 0 Å². The molecule has 26 heavy (non-hydrogen) atoms. The molecule has 8 heteroatoms. The van der Waals surface area contributed by atoms with Gasteiger partial charge in [0, 0.05) is 46.2 Å². The molecule has 1 amide bonds. The van der Waals surface area contributed by atoms with Crippen LogP contribution < -0.4 is 10.2 Å². The molecule has 142 valence electrons. The number of nitrogens with one attached hydrogen (secondary N) is 1. The highest BCUT2D eigenvalue weighted by atomic mass is 32.2. The van der Waals surface area contributed by atoms with Crippen molar-refractivity contribution in [1.29, 1.82) is 0 Å². The molecule has 1 aromatic heterocycles. The summed E-state index contributed by atoms with van der Waals surface area (Å²) >= 11 is 0. The van der Waals surface area contributed by atoms with Crippen LogP contribution in [-0.2, 0) is 16.4 Å². The quantitative estimate of drug-likeness (QED) is 0.795. The third kappa shape index (κ3) is 4.44. The van der Waals surface area contributed by atoms with Gasteiger partial charge in [0.2, 0.25) is 10.0 Å². The molecule has 1 atom stereocenters. The van der Waals surface area contributed by atoms with E-state index in [-0.39, 0.29) is 16.8 Å². The average Bonchev–Trinajstić information content (AvgIpc) is 3.06. The van der Waals surface area contributed by atoms with E-state index in [1.807, 2.05) is 13.0 Å². The Morgan fingerprint density at radius 2 is 1.88 bits per heavy atom. The van der Waals surface area contributed by atoms with Crippen LogP contribution in [0.5, 0.6) is 0 Å². The summed E-state index contributed by atoms with van der Waals surface area (Å²) in [6.07, 6.45) is 2.14. The van der Waals surface area contributed by atoms with Crippen molar-refractivity contribution in [3.63, 3.8) is 0 Å². The van der Waals surface area contributed by atoms with Crippen molar-refractivity contribution in [2.75, 3.05) is 33.1 Å². The molecule has 0 saturated carbocycles. The number of hydrogen-bond donors (Lipinski definition) is 1. The molecule has 2 aromatic rings. The van der Waals surface area contributed by atoms with E-state index in [1.165, 1.54) is 20.2 Å². The Labute approximate surface area is 154 Å². The number of furan rings is 1. The highest BCUT2D eigenvalue weighted by molar-refractivity contribution is 7.89. The lowest BCUT2D eigenvalue weighted by Crippen LogP contribution is -2.34. The van der Waals surface area contributed by atoms with Crippen LogP contribution in [0.2, 0.25) is 0 Å². The van der Waals surface area contributed by atoms with E-state index in [2.05, 4.69) is 5.32 Å². The van der Waals surface area contributed by atoms with Crippen LogP contribution in [0, 0.1) is 0 Å². The fourth-order valence-electron chi connectivity index (χ4n) is 2.52. The molecule has 0 aliphatic heterocycles. The molecule has 0 fully saturated rings. The van der Waals surface area contributed by atoms with Gasteiger partial charge in [0.1, 0.15) is 10.7 Å². The average molecular weight is 379 g/mol. The van der Waals surface area contributed by atoms with Crippen molar-refractivity contribution >= 4 is 21.6 Å². The number of anilines is 1. The molecule has 0 aliphatic rings. The lowest BCUT2D eigenvalue weighted by atomic mass is 10.1. The molecular formula is C18H25N3O4S. The summed E-state index contributed by atoms with van der Waals surface area (Å²) in [5.41, 5.74) is 0.821. The largest absolute Gasteiger partial charge is 0.469 e. The molecule has 2 rings (SSSR count). The Kier molecular flexibility index (Phi) is 6.09. The first-order chi connectivity index (χ1) is 12.1. The predicted octanol–water partition coefficient (Wildman–Crippen LogP) is 1.96. The van der Waals surface area contributed by atoms with Crippen molar-refractivity contribution < 1.29 is 17.6 Å². The van der Waals surface area contributed by atoms with Gasteiger partial charge in [-0.15, -0.1) is 0 Å². The van der Waals surface area contributed by atoms with Crippen LogP contribution in [0.4, 0.5) is 5.69 Å². The molecule has 0 radical (unpaired) electrons. The summed E-state index contributed by atoms with van der Waals surface area (Å²) < 4.78 is 31.7. The number of benzene rings is 1. The molecule has 1 N–H and O–H groups in total. The van der Waals surface area contributed by atoms with Gasteiger partial charge in [-0.05, 0) is 37.3 Å². The van der Waals surface area contributed by atoms with Crippen LogP contribution in [0.25, 0.3) is 0 Å². The summed E-state index contributed by atoms with van der Waals surface area (Å²) in [6, 6.07) is 8.16. The Balaban J connectivity index is 2.28. The Morgan fingerprint density at radius 3 is 2.42 bits per heavy atom. The van der Waals surface area contributed by atoms with Crippen molar-refractivity contribution in [1.82, 2.24) is 9.62 Å². The number of carbonyl (C=O) groups is 1. The maximum absolute atomic E-state index is 12.6. The lowest BCUT2D eigenvalue weighted by Gasteiger charge is -2.21. The van der Waals surface area contributed by atoms with Crippen molar-refractivity contribution in [2.24, 2.45) is 0 Å². The second-order valence-corrected chi connectivity index (χ2v) is 8.64. The standard InChI is InChI=1S/C18H25N3O4S/c1-13(11-15-7-6-10-25-15)19-18(22)14-8-9-16(20(2)3)17(12-14)26(23,24)21(4)5/h6-10,12-13H,11H2,1-5H3,(H,19,22)/t13-/m1/s1. The van der Waals surface area contributed by atoms with Gasteiger partial charge in [0.25, 0.3) is 5.91 Å². The van der Waals surface area contributed by atoms with Gasteiger partial charge in [0.15, 0.2) is 0 Å².